The Morgan fingerprint density at radius 1 is 1.25 bits per heavy atom. The second-order valence-corrected chi connectivity index (χ2v) is 9.37. The molecule has 0 aliphatic heterocycles. The summed E-state index contributed by atoms with van der Waals surface area (Å²) in [6.07, 6.45) is 1.08. The van der Waals surface area contributed by atoms with Gasteiger partial charge in [0, 0.05) is 11.5 Å². The summed E-state index contributed by atoms with van der Waals surface area (Å²) in [7, 11) is -1.44. The van der Waals surface area contributed by atoms with Gasteiger partial charge in [-0.15, -0.1) is 11.6 Å². The fraction of sp³-hybridized carbons (Fsp3) is 1.00. The number of hydrogen-bond acceptors (Lipinski definition) is 1. The van der Waals surface area contributed by atoms with E-state index in [2.05, 4.69) is 33.9 Å². The first-order valence-corrected chi connectivity index (χ1v) is 8.18. The van der Waals surface area contributed by atoms with Crippen LogP contribution in [0.15, 0.2) is 0 Å². The highest BCUT2D eigenvalue weighted by atomic mass is 35.5. The first-order chi connectivity index (χ1) is 5.27. The quantitative estimate of drug-likeness (QED) is 0.507. The minimum absolute atomic E-state index is 0.00202. The molecule has 12 heavy (non-hydrogen) atoms. The van der Waals surface area contributed by atoms with Gasteiger partial charge in [-0.25, -0.2) is 0 Å². The van der Waals surface area contributed by atoms with E-state index >= 15 is 0 Å². The van der Waals surface area contributed by atoms with E-state index in [0.29, 0.717) is 0 Å². The molecule has 0 saturated carbocycles. The lowest BCUT2D eigenvalue weighted by Gasteiger charge is -2.32. The zero-order chi connectivity index (χ0) is 9.83. The molecule has 0 fully saturated rings. The summed E-state index contributed by atoms with van der Waals surface area (Å²) >= 11 is 5.65. The molecule has 0 N–H and O–H groups in total. The molecule has 0 unspecified atom stereocenters. The Bertz CT molecular complexity index is 129. The van der Waals surface area contributed by atoms with Crippen LogP contribution in [0.4, 0.5) is 0 Å². The number of hydrogen-bond donors (Lipinski definition) is 0. The van der Waals surface area contributed by atoms with Crippen LogP contribution in [0.5, 0.6) is 0 Å². The predicted octanol–water partition coefficient (Wildman–Crippen LogP) is 3.64. The third kappa shape index (κ3) is 7.13. The highest BCUT2D eigenvalue weighted by Crippen LogP contribution is 2.21. The van der Waals surface area contributed by atoms with Crippen LogP contribution in [-0.2, 0) is 4.43 Å². The summed E-state index contributed by atoms with van der Waals surface area (Å²) in [6.45, 7) is 10.9. The molecule has 1 nitrogen and oxygen atoms in total. The van der Waals surface area contributed by atoms with E-state index in [9.17, 15) is 0 Å². The second-order valence-electron chi connectivity index (χ2n) is 4.77. The lowest BCUT2D eigenvalue weighted by Crippen LogP contribution is -2.39. The average molecular weight is 209 g/mol. The van der Waals surface area contributed by atoms with Crippen molar-refractivity contribution < 1.29 is 4.43 Å². The second kappa shape index (κ2) is 4.63. The Labute approximate surface area is 82.6 Å². The molecule has 3 heteroatoms. The molecule has 0 amide bonds. The van der Waals surface area contributed by atoms with E-state index in [1.165, 1.54) is 0 Å². The summed E-state index contributed by atoms with van der Waals surface area (Å²) < 4.78 is 6.01. The van der Waals surface area contributed by atoms with Crippen LogP contribution in [0.25, 0.3) is 0 Å². The lowest BCUT2D eigenvalue weighted by atomic mass is 10.2. The van der Waals surface area contributed by atoms with E-state index in [1.54, 1.807) is 0 Å². The van der Waals surface area contributed by atoms with Crippen molar-refractivity contribution in [2.45, 2.75) is 51.9 Å². The fourth-order valence-corrected chi connectivity index (χ4v) is 4.52. The summed E-state index contributed by atoms with van der Waals surface area (Å²) in [5.74, 6) is 0.754. The fourth-order valence-electron chi connectivity index (χ4n) is 1.37. The van der Waals surface area contributed by atoms with Crippen LogP contribution in [0.1, 0.15) is 27.2 Å². The molecule has 0 spiro atoms. The van der Waals surface area contributed by atoms with Gasteiger partial charge in [-0.05, 0) is 46.3 Å². The van der Waals surface area contributed by atoms with Crippen molar-refractivity contribution in [1.82, 2.24) is 0 Å². The Morgan fingerprint density at radius 3 is 2.08 bits per heavy atom. The summed E-state index contributed by atoms with van der Waals surface area (Å²) in [6, 6.07) is 1.16. The molecular formula is C9H21ClOSi. The maximum atomic E-state index is 6.01. The van der Waals surface area contributed by atoms with E-state index in [-0.39, 0.29) is 5.60 Å². The molecule has 0 rings (SSSR count). The van der Waals surface area contributed by atoms with Crippen molar-refractivity contribution in [2.24, 2.45) is 0 Å². The molecule has 0 aromatic carbocycles. The number of alkyl halides is 1. The maximum Gasteiger partial charge on any atom is 0.187 e. The molecule has 0 heterocycles. The zero-order valence-corrected chi connectivity index (χ0v) is 10.7. The van der Waals surface area contributed by atoms with Crippen LogP contribution in [0.3, 0.4) is 0 Å². The Kier molecular flexibility index (Phi) is 4.81. The monoisotopic (exact) mass is 208 g/mol. The van der Waals surface area contributed by atoms with Gasteiger partial charge in [-0.1, -0.05) is 0 Å². The molecule has 0 aromatic heterocycles. The highest BCUT2D eigenvalue weighted by Gasteiger charge is 2.27. The van der Waals surface area contributed by atoms with E-state index in [4.69, 9.17) is 16.0 Å². The van der Waals surface area contributed by atoms with Crippen molar-refractivity contribution in [3.8, 4) is 0 Å². The van der Waals surface area contributed by atoms with Crippen molar-refractivity contribution in [2.75, 3.05) is 5.88 Å². The van der Waals surface area contributed by atoms with E-state index < -0.39 is 8.32 Å². The third-order valence-corrected chi connectivity index (χ3v) is 4.48. The van der Waals surface area contributed by atoms with Crippen molar-refractivity contribution >= 4 is 19.9 Å². The van der Waals surface area contributed by atoms with Crippen molar-refractivity contribution in [3.63, 3.8) is 0 Å². The Balaban J connectivity index is 3.86. The summed E-state index contributed by atoms with van der Waals surface area (Å²) in [5.41, 5.74) is 0.00202. The van der Waals surface area contributed by atoms with Gasteiger partial charge in [0.05, 0.1) is 0 Å². The van der Waals surface area contributed by atoms with Gasteiger partial charge in [0.25, 0.3) is 0 Å². The van der Waals surface area contributed by atoms with Crippen LogP contribution >= 0.6 is 11.6 Å². The van der Waals surface area contributed by atoms with E-state index in [0.717, 1.165) is 18.3 Å². The largest absolute Gasteiger partial charge is 0.413 e. The predicted molar refractivity (Wildman–Crippen MR) is 58.5 cm³/mol. The number of halogens is 1. The molecule has 0 aliphatic carbocycles. The highest BCUT2D eigenvalue weighted by molar-refractivity contribution is 6.71. The molecule has 74 valence electrons. The van der Waals surface area contributed by atoms with Gasteiger partial charge >= 0.3 is 0 Å². The SMILES string of the molecule is CC(C)(C)O[Si](C)(C)CCCCl. The third-order valence-electron chi connectivity index (χ3n) is 1.49. The van der Waals surface area contributed by atoms with Crippen LogP contribution in [0, 0.1) is 0 Å². The molecule has 0 saturated heterocycles. The first-order valence-electron chi connectivity index (χ1n) is 4.53. The molecule has 0 radical (unpaired) electrons. The lowest BCUT2D eigenvalue weighted by molar-refractivity contribution is 0.120. The molecule has 0 bridgehead atoms. The minimum atomic E-state index is -1.44. The number of rotatable bonds is 4. The van der Waals surface area contributed by atoms with Gasteiger partial charge in [0.15, 0.2) is 8.32 Å². The van der Waals surface area contributed by atoms with Crippen LogP contribution in [-0.4, -0.2) is 19.8 Å². The maximum absolute atomic E-state index is 6.01. The minimum Gasteiger partial charge on any atom is -0.413 e. The van der Waals surface area contributed by atoms with Gasteiger partial charge in [0.1, 0.15) is 0 Å². The molecular weight excluding hydrogens is 188 g/mol. The Morgan fingerprint density at radius 2 is 1.75 bits per heavy atom. The van der Waals surface area contributed by atoms with Crippen molar-refractivity contribution in [1.29, 1.82) is 0 Å². The molecule has 0 atom stereocenters. The summed E-state index contributed by atoms with van der Waals surface area (Å²) in [4.78, 5) is 0. The van der Waals surface area contributed by atoms with E-state index in [1.807, 2.05) is 0 Å². The van der Waals surface area contributed by atoms with Crippen molar-refractivity contribution in [3.05, 3.63) is 0 Å². The zero-order valence-electron chi connectivity index (χ0n) is 8.91. The van der Waals surface area contributed by atoms with Crippen LogP contribution in [0.2, 0.25) is 19.1 Å². The van der Waals surface area contributed by atoms with Gasteiger partial charge in [-0.2, -0.15) is 0 Å². The normalized spacial score (nSPS) is 13.5. The standard InChI is InChI=1S/C9H21ClOSi/c1-9(2,3)11-12(4,5)8-6-7-10/h6-8H2,1-5H3. The van der Waals surface area contributed by atoms with Gasteiger partial charge < -0.3 is 4.43 Å². The molecule has 0 aromatic rings. The average Bonchev–Trinajstić information content (AvgIpc) is 1.78. The van der Waals surface area contributed by atoms with Crippen LogP contribution < -0.4 is 0 Å². The first kappa shape index (κ1) is 12.5. The topological polar surface area (TPSA) is 9.23 Å². The Hall–Kier alpha value is 0.467. The molecule has 0 aliphatic rings. The van der Waals surface area contributed by atoms with Gasteiger partial charge in [-0.3, -0.25) is 0 Å². The smallest absolute Gasteiger partial charge is 0.187 e. The van der Waals surface area contributed by atoms with Gasteiger partial charge in [0.2, 0.25) is 0 Å². The summed E-state index contributed by atoms with van der Waals surface area (Å²) in [5, 5.41) is 0.